The maximum atomic E-state index is 9.23. The fourth-order valence-electron chi connectivity index (χ4n) is 3.58. The Morgan fingerprint density at radius 1 is 1.48 bits per heavy atom. The summed E-state index contributed by atoms with van der Waals surface area (Å²) in [6, 6.07) is 9.00. The minimum atomic E-state index is -0.0596. The second-order valence-electron chi connectivity index (χ2n) is 6.50. The van der Waals surface area contributed by atoms with E-state index in [1.807, 2.05) is 18.5 Å². The van der Waals surface area contributed by atoms with Crippen molar-refractivity contribution in [3.8, 4) is 12.1 Å². The molecule has 122 valence electrons. The lowest BCUT2D eigenvalue weighted by Crippen LogP contribution is -2.33. The van der Waals surface area contributed by atoms with E-state index < -0.39 is 0 Å². The summed E-state index contributed by atoms with van der Waals surface area (Å²) in [5, 5.41) is 17.9. The number of rotatable bonds is 7. The monoisotopic (exact) mass is 311 g/mol. The normalized spacial score (nSPS) is 22.7. The summed E-state index contributed by atoms with van der Waals surface area (Å²) in [6.07, 6.45) is 6.05. The van der Waals surface area contributed by atoms with Crippen molar-refractivity contribution in [3.05, 3.63) is 30.1 Å². The SMILES string of the molecule is CN(C[C@H](C#N)CCC#N)C[C@@H]1CCN(C)[C@H]1c1cccnc1. The van der Waals surface area contributed by atoms with Gasteiger partial charge in [-0.1, -0.05) is 6.07 Å². The highest BCUT2D eigenvalue weighted by Gasteiger charge is 2.33. The second kappa shape index (κ2) is 8.62. The molecular formula is C18H25N5. The lowest BCUT2D eigenvalue weighted by Gasteiger charge is -2.29. The van der Waals surface area contributed by atoms with Crippen LogP contribution in [0.25, 0.3) is 0 Å². The lowest BCUT2D eigenvalue weighted by atomic mass is 9.94. The predicted molar refractivity (Wildman–Crippen MR) is 89.2 cm³/mol. The molecular weight excluding hydrogens is 286 g/mol. The molecule has 1 aliphatic rings. The topological polar surface area (TPSA) is 67.0 Å². The number of pyridine rings is 1. The van der Waals surface area contributed by atoms with Crippen LogP contribution in [0.1, 0.15) is 30.9 Å². The van der Waals surface area contributed by atoms with E-state index in [4.69, 9.17) is 5.26 Å². The zero-order valence-corrected chi connectivity index (χ0v) is 14.0. The van der Waals surface area contributed by atoms with Gasteiger partial charge >= 0.3 is 0 Å². The van der Waals surface area contributed by atoms with E-state index >= 15 is 0 Å². The largest absolute Gasteiger partial charge is 0.305 e. The van der Waals surface area contributed by atoms with E-state index in [1.54, 1.807) is 0 Å². The molecule has 5 heteroatoms. The molecule has 1 saturated heterocycles. The third kappa shape index (κ3) is 4.76. The van der Waals surface area contributed by atoms with E-state index in [2.05, 4.69) is 47.1 Å². The fourth-order valence-corrected chi connectivity index (χ4v) is 3.58. The first-order chi connectivity index (χ1) is 11.2. The highest BCUT2D eigenvalue weighted by molar-refractivity contribution is 5.17. The fraction of sp³-hybridized carbons (Fsp3) is 0.611. The molecule has 2 heterocycles. The number of nitriles is 2. The van der Waals surface area contributed by atoms with Gasteiger partial charge in [0, 0.05) is 37.9 Å². The van der Waals surface area contributed by atoms with Gasteiger partial charge in [0.15, 0.2) is 0 Å². The molecule has 1 aromatic rings. The van der Waals surface area contributed by atoms with Crippen LogP contribution in [0.2, 0.25) is 0 Å². The van der Waals surface area contributed by atoms with Gasteiger partial charge in [-0.15, -0.1) is 0 Å². The molecule has 0 bridgehead atoms. The van der Waals surface area contributed by atoms with E-state index in [9.17, 15) is 5.26 Å². The Balaban J connectivity index is 1.95. The molecule has 0 N–H and O–H groups in total. The summed E-state index contributed by atoms with van der Waals surface area (Å²) in [4.78, 5) is 8.90. The van der Waals surface area contributed by atoms with Crippen LogP contribution in [-0.4, -0.2) is 48.5 Å². The third-order valence-corrected chi connectivity index (χ3v) is 4.67. The molecule has 0 spiro atoms. The third-order valence-electron chi connectivity index (χ3n) is 4.67. The molecule has 2 rings (SSSR count). The Morgan fingerprint density at radius 2 is 2.30 bits per heavy atom. The van der Waals surface area contributed by atoms with Gasteiger partial charge in [-0.2, -0.15) is 10.5 Å². The Bertz CT molecular complexity index is 559. The lowest BCUT2D eigenvalue weighted by molar-refractivity contribution is 0.206. The van der Waals surface area contributed by atoms with E-state index in [-0.39, 0.29) is 5.92 Å². The van der Waals surface area contributed by atoms with Gasteiger partial charge in [-0.3, -0.25) is 9.88 Å². The average Bonchev–Trinajstić information content (AvgIpc) is 2.92. The van der Waals surface area contributed by atoms with Crippen molar-refractivity contribution >= 4 is 0 Å². The molecule has 0 amide bonds. The highest BCUT2D eigenvalue weighted by atomic mass is 15.2. The average molecular weight is 311 g/mol. The number of hydrogen-bond donors (Lipinski definition) is 0. The van der Waals surface area contributed by atoms with Crippen molar-refractivity contribution in [1.29, 1.82) is 10.5 Å². The van der Waals surface area contributed by atoms with Crippen molar-refractivity contribution in [1.82, 2.24) is 14.8 Å². The minimum Gasteiger partial charge on any atom is -0.305 e. The number of likely N-dealkylation sites (tertiary alicyclic amines) is 1. The summed E-state index contributed by atoms with van der Waals surface area (Å²) < 4.78 is 0. The van der Waals surface area contributed by atoms with Gasteiger partial charge < -0.3 is 4.90 Å². The van der Waals surface area contributed by atoms with Crippen molar-refractivity contribution in [2.75, 3.05) is 33.7 Å². The molecule has 5 nitrogen and oxygen atoms in total. The Morgan fingerprint density at radius 3 is 2.96 bits per heavy atom. The molecule has 23 heavy (non-hydrogen) atoms. The van der Waals surface area contributed by atoms with E-state index in [1.165, 1.54) is 5.56 Å². The Labute approximate surface area is 139 Å². The molecule has 1 aliphatic heterocycles. The zero-order valence-electron chi connectivity index (χ0n) is 14.0. The van der Waals surface area contributed by atoms with Crippen molar-refractivity contribution in [2.24, 2.45) is 11.8 Å². The standard InChI is InChI=1S/C18H25N5/c1-22(13-15(11-20)5-3-8-19)14-17-7-10-23(2)18(17)16-6-4-9-21-12-16/h4,6,9,12,15,17-18H,3,5,7,10,13-14H2,1-2H3/t15-,17-,18-/m0/s1. The predicted octanol–water partition coefficient (Wildman–Crippen LogP) is 2.45. The minimum absolute atomic E-state index is 0.0596. The van der Waals surface area contributed by atoms with Crippen LogP contribution < -0.4 is 0 Å². The van der Waals surface area contributed by atoms with Crippen LogP contribution in [0, 0.1) is 34.5 Å². The summed E-state index contributed by atoms with van der Waals surface area (Å²) in [7, 11) is 4.25. The quantitative estimate of drug-likeness (QED) is 0.774. The van der Waals surface area contributed by atoms with Crippen molar-refractivity contribution < 1.29 is 0 Å². The zero-order chi connectivity index (χ0) is 16.7. The number of aromatic nitrogens is 1. The summed E-state index contributed by atoms with van der Waals surface area (Å²) in [5.74, 6) is 0.486. The van der Waals surface area contributed by atoms with Crippen LogP contribution in [0.15, 0.2) is 24.5 Å². The Kier molecular flexibility index (Phi) is 6.52. The van der Waals surface area contributed by atoms with Gasteiger partial charge in [0.2, 0.25) is 0 Å². The van der Waals surface area contributed by atoms with Gasteiger partial charge in [0.25, 0.3) is 0 Å². The van der Waals surface area contributed by atoms with Crippen LogP contribution in [-0.2, 0) is 0 Å². The number of nitrogens with zero attached hydrogens (tertiary/aromatic N) is 5. The molecule has 0 aromatic carbocycles. The van der Waals surface area contributed by atoms with Gasteiger partial charge in [-0.25, -0.2) is 0 Å². The van der Waals surface area contributed by atoms with Gasteiger partial charge in [0.05, 0.1) is 18.1 Å². The summed E-state index contributed by atoms with van der Waals surface area (Å²) >= 11 is 0. The van der Waals surface area contributed by atoms with Crippen molar-refractivity contribution in [2.45, 2.75) is 25.3 Å². The van der Waals surface area contributed by atoms with Crippen LogP contribution in [0.4, 0.5) is 0 Å². The maximum Gasteiger partial charge on any atom is 0.0669 e. The van der Waals surface area contributed by atoms with E-state index in [0.29, 0.717) is 24.8 Å². The summed E-state index contributed by atoms with van der Waals surface area (Å²) in [5.41, 5.74) is 1.27. The van der Waals surface area contributed by atoms with Gasteiger partial charge in [0.1, 0.15) is 0 Å². The first-order valence-electron chi connectivity index (χ1n) is 8.21. The van der Waals surface area contributed by atoms with Gasteiger partial charge in [-0.05, 0) is 51.0 Å². The van der Waals surface area contributed by atoms with Crippen LogP contribution >= 0.6 is 0 Å². The van der Waals surface area contributed by atoms with Crippen molar-refractivity contribution in [3.63, 3.8) is 0 Å². The molecule has 1 fully saturated rings. The van der Waals surface area contributed by atoms with Crippen LogP contribution in [0.3, 0.4) is 0 Å². The first-order valence-corrected chi connectivity index (χ1v) is 8.21. The maximum absolute atomic E-state index is 9.23. The number of hydrogen-bond acceptors (Lipinski definition) is 5. The van der Waals surface area contributed by atoms with E-state index in [0.717, 1.165) is 26.1 Å². The first kappa shape index (κ1) is 17.4. The molecule has 3 atom stereocenters. The molecule has 1 aromatic heterocycles. The Hall–Kier alpha value is -1.95. The van der Waals surface area contributed by atoms with Crippen LogP contribution in [0.5, 0.6) is 0 Å². The molecule has 0 radical (unpaired) electrons. The molecule has 0 saturated carbocycles. The smallest absolute Gasteiger partial charge is 0.0669 e. The molecule has 0 aliphatic carbocycles. The second-order valence-corrected chi connectivity index (χ2v) is 6.50. The molecule has 0 unspecified atom stereocenters. The highest BCUT2D eigenvalue weighted by Crippen LogP contribution is 2.36. The summed E-state index contributed by atoms with van der Waals surface area (Å²) in [6.45, 7) is 2.79.